The highest BCUT2D eigenvalue weighted by atomic mass is 35.5. The number of amides is 4. The van der Waals surface area contributed by atoms with Crippen LogP contribution in [-0.4, -0.2) is 71.8 Å². The minimum atomic E-state index is -3.27. The molecule has 9 nitrogen and oxygen atoms in total. The first-order chi connectivity index (χ1) is 16.7. The Hall–Kier alpha value is -3.38. The van der Waals surface area contributed by atoms with Crippen LogP contribution in [0.4, 0.5) is 23.7 Å². The Morgan fingerprint density at radius 2 is 1.83 bits per heavy atom. The molecule has 1 aromatic heterocycles. The zero-order valence-electron chi connectivity index (χ0n) is 18.8. The van der Waals surface area contributed by atoms with E-state index in [1.54, 1.807) is 10.3 Å². The number of urea groups is 1. The fraction of sp³-hybridized carbons (Fsp3) is 0.364. The third kappa shape index (κ3) is 6.83. The van der Waals surface area contributed by atoms with Crippen LogP contribution in [0.2, 0.25) is 5.02 Å². The normalized spacial score (nSPS) is 14.1. The number of carbonyl (C=O) groups excluding carboxylic acids is 3. The molecule has 2 heterocycles. The van der Waals surface area contributed by atoms with Gasteiger partial charge in [-0.1, -0.05) is 18.5 Å². The fourth-order valence-electron chi connectivity index (χ4n) is 3.41. The molecule has 0 bridgehead atoms. The van der Waals surface area contributed by atoms with Gasteiger partial charge in [0.05, 0.1) is 22.8 Å². The maximum absolute atomic E-state index is 13.7. The number of hydrazine groups is 1. The Balaban J connectivity index is 1.76. The van der Waals surface area contributed by atoms with E-state index in [4.69, 9.17) is 11.6 Å². The van der Waals surface area contributed by atoms with Crippen LogP contribution in [0.25, 0.3) is 0 Å². The van der Waals surface area contributed by atoms with Crippen LogP contribution in [0.5, 0.6) is 0 Å². The van der Waals surface area contributed by atoms with Gasteiger partial charge in [-0.3, -0.25) is 30.3 Å². The van der Waals surface area contributed by atoms with Crippen LogP contribution in [0.1, 0.15) is 23.0 Å². The molecule has 3 rings (SSSR count). The van der Waals surface area contributed by atoms with Crippen molar-refractivity contribution < 1.29 is 27.6 Å². The molecule has 13 heteroatoms. The summed E-state index contributed by atoms with van der Waals surface area (Å²) in [5.41, 5.74) is 4.24. The molecule has 4 amide bonds. The summed E-state index contributed by atoms with van der Waals surface area (Å²) in [7, 11) is 0. The van der Waals surface area contributed by atoms with E-state index in [-0.39, 0.29) is 23.2 Å². The maximum Gasteiger partial charge on any atom is 0.324 e. The van der Waals surface area contributed by atoms with Gasteiger partial charge < -0.3 is 9.80 Å². The van der Waals surface area contributed by atoms with Gasteiger partial charge >= 0.3 is 18.4 Å². The maximum atomic E-state index is 13.7. The predicted molar refractivity (Wildman–Crippen MR) is 123 cm³/mol. The van der Waals surface area contributed by atoms with Crippen molar-refractivity contribution in [1.82, 2.24) is 25.6 Å². The van der Waals surface area contributed by atoms with Gasteiger partial charge in [-0.05, 0) is 36.9 Å². The summed E-state index contributed by atoms with van der Waals surface area (Å²) >= 11 is 5.95. The number of aromatic nitrogens is 1. The first-order valence-electron chi connectivity index (χ1n) is 10.8. The van der Waals surface area contributed by atoms with E-state index in [1.165, 1.54) is 41.4 Å². The van der Waals surface area contributed by atoms with E-state index < -0.39 is 24.1 Å². The third-order valence-electron chi connectivity index (χ3n) is 5.44. The average molecular weight is 513 g/mol. The van der Waals surface area contributed by atoms with Crippen molar-refractivity contribution in [3.8, 4) is 0 Å². The fourth-order valence-corrected chi connectivity index (χ4v) is 3.58. The van der Waals surface area contributed by atoms with Crippen molar-refractivity contribution >= 4 is 35.1 Å². The minimum absolute atomic E-state index is 0.00119. The number of benzene rings is 1. The van der Waals surface area contributed by atoms with Gasteiger partial charge in [0.25, 0.3) is 5.91 Å². The molecule has 0 radical (unpaired) electrons. The predicted octanol–water partition coefficient (Wildman–Crippen LogP) is 2.66. The Morgan fingerprint density at radius 3 is 2.40 bits per heavy atom. The first kappa shape index (κ1) is 26.2. The zero-order valence-corrected chi connectivity index (χ0v) is 19.6. The lowest BCUT2D eigenvalue weighted by Crippen LogP contribution is -2.52. The number of halogens is 4. The molecule has 0 atom stereocenters. The van der Waals surface area contributed by atoms with Gasteiger partial charge in [-0.15, -0.1) is 0 Å². The van der Waals surface area contributed by atoms with Crippen molar-refractivity contribution in [2.45, 2.75) is 19.9 Å². The number of alkyl halides is 2. The van der Waals surface area contributed by atoms with Gasteiger partial charge in [0.1, 0.15) is 5.82 Å². The summed E-state index contributed by atoms with van der Waals surface area (Å²) in [6.07, 6.45) is -2.09. The Labute approximate surface area is 204 Å². The van der Waals surface area contributed by atoms with Gasteiger partial charge in [-0.25, -0.2) is 9.18 Å². The summed E-state index contributed by atoms with van der Waals surface area (Å²) < 4.78 is 38.2. The molecular weight excluding hydrogens is 489 g/mol. The molecule has 2 N–H and O–H groups in total. The van der Waals surface area contributed by atoms with Crippen LogP contribution in [0.3, 0.4) is 0 Å². The van der Waals surface area contributed by atoms with E-state index in [1.807, 2.05) is 12.3 Å². The third-order valence-corrected chi connectivity index (χ3v) is 5.73. The molecule has 0 saturated carbocycles. The van der Waals surface area contributed by atoms with Crippen molar-refractivity contribution in [1.29, 1.82) is 0 Å². The number of hydrogen-bond donors (Lipinski definition) is 2. The smallest absolute Gasteiger partial charge is 0.322 e. The molecular formula is C22H24ClF3N6O3. The SMILES string of the molecule is CCN1CCN(C(=O)N(Cc2ccc(C(=O)NNC(=O)C(F)F)cn2)c2ccc(F)c(Cl)c2)CC1. The van der Waals surface area contributed by atoms with Crippen LogP contribution in [0.15, 0.2) is 36.5 Å². The lowest BCUT2D eigenvalue weighted by molar-refractivity contribution is -0.132. The van der Waals surface area contributed by atoms with Crippen molar-refractivity contribution in [2.75, 3.05) is 37.6 Å². The van der Waals surface area contributed by atoms with E-state index in [0.717, 1.165) is 19.6 Å². The van der Waals surface area contributed by atoms with E-state index in [2.05, 4.69) is 9.88 Å². The van der Waals surface area contributed by atoms with Crippen LogP contribution < -0.4 is 15.8 Å². The number of nitrogens with one attached hydrogen (secondary N) is 2. The molecule has 1 aromatic carbocycles. The highest BCUT2D eigenvalue weighted by Gasteiger charge is 2.27. The number of anilines is 1. The number of nitrogens with zero attached hydrogens (tertiary/aromatic N) is 4. The molecule has 1 saturated heterocycles. The minimum Gasteiger partial charge on any atom is -0.322 e. The highest BCUT2D eigenvalue weighted by molar-refractivity contribution is 6.31. The van der Waals surface area contributed by atoms with Gasteiger partial charge in [0.2, 0.25) is 0 Å². The lowest BCUT2D eigenvalue weighted by Gasteiger charge is -2.37. The largest absolute Gasteiger partial charge is 0.324 e. The quantitative estimate of drug-likeness (QED) is 0.580. The number of likely N-dealkylation sites (N-methyl/N-ethyl adjacent to an activating group) is 1. The first-order valence-corrected chi connectivity index (χ1v) is 11.1. The molecule has 0 aliphatic carbocycles. The summed E-state index contributed by atoms with van der Waals surface area (Å²) in [6, 6.07) is 6.50. The second-order valence-electron chi connectivity index (χ2n) is 7.67. The topological polar surface area (TPSA) is 97.9 Å². The number of rotatable bonds is 6. The molecule has 0 spiro atoms. The number of pyridine rings is 1. The molecule has 1 aliphatic rings. The monoisotopic (exact) mass is 512 g/mol. The standard InChI is InChI=1S/C22H24ClF3N6O3/c1-2-30-7-9-31(10-8-30)22(35)32(16-5-6-18(24)17(23)11-16)13-15-4-3-14(12-27-15)20(33)28-29-21(34)19(25)26/h3-6,11-12,19H,2,7-10,13H2,1H3,(H,28,33)(H,29,34). The second-order valence-corrected chi connectivity index (χ2v) is 8.08. The van der Waals surface area contributed by atoms with Crippen molar-refractivity contribution in [3.05, 3.63) is 58.6 Å². The summed E-state index contributed by atoms with van der Waals surface area (Å²) in [6.45, 7) is 5.43. The molecule has 1 fully saturated rings. The summed E-state index contributed by atoms with van der Waals surface area (Å²) in [4.78, 5) is 45.8. The van der Waals surface area contributed by atoms with E-state index in [0.29, 0.717) is 24.5 Å². The molecule has 188 valence electrons. The van der Waals surface area contributed by atoms with Gasteiger partial charge in [-0.2, -0.15) is 8.78 Å². The van der Waals surface area contributed by atoms with Crippen LogP contribution in [0, 0.1) is 5.82 Å². The molecule has 1 aliphatic heterocycles. The van der Waals surface area contributed by atoms with Crippen LogP contribution in [-0.2, 0) is 11.3 Å². The van der Waals surface area contributed by atoms with Crippen molar-refractivity contribution in [2.24, 2.45) is 0 Å². The lowest BCUT2D eigenvalue weighted by atomic mass is 10.2. The zero-order chi connectivity index (χ0) is 25.5. The highest BCUT2D eigenvalue weighted by Crippen LogP contribution is 2.25. The number of hydrogen-bond acceptors (Lipinski definition) is 5. The summed E-state index contributed by atoms with van der Waals surface area (Å²) in [5, 5.41) is -0.137. The Kier molecular flexibility index (Phi) is 8.88. The second kappa shape index (κ2) is 11.8. The molecule has 35 heavy (non-hydrogen) atoms. The van der Waals surface area contributed by atoms with E-state index in [9.17, 15) is 27.6 Å². The van der Waals surface area contributed by atoms with Crippen LogP contribution >= 0.6 is 11.6 Å². The van der Waals surface area contributed by atoms with E-state index >= 15 is 0 Å². The molecule has 0 unspecified atom stereocenters. The Bertz CT molecular complexity index is 1060. The number of piperazine rings is 1. The average Bonchev–Trinajstić information content (AvgIpc) is 2.87. The van der Waals surface area contributed by atoms with Gasteiger partial charge in [0.15, 0.2) is 0 Å². The molecule has 2 aromatic rings. The number of carbonyl (C=O) groups is 3. The van der Waals surface area contributed by atoms with Crippen molar-refractivity contribution in [3.63, 3.8) is 0 Å². The summed E-state index contributed by atoms with van der Waals surface area (Å²) in [5.74, 6) is -3.10. The van der Waals surface area contributed by atoms with Gasteiger partial charge in [0, 0.05) is 38.1 Å². The Morgan fingerprint density at radius 1 is 1.11 bits per heavy atom.